The van der Waals surface area contributed by atoms with Crippen LogP contribution in [0.15, 0.2) is 28.8 Å². The summed E-state index contributed by atoms with van der Waals surface area (Å²) in [7, 11) is 1.70. The molecule has 2 amide bonds. The van der Waals surface area contributed by atoms with Crippen molar-refractivity contribution in [3.63, 3.8) is 0 Å². The van der Waals surface area contributed by atoms with Gasteiger partial charge in [0, 0.05) is 30.8 Å². The van der Waals surface area contributed by atoms with Gasteiger partial charge in [0.05, 0.1) is 6.10 Å². The van der Waals surface area contributed by atoms with Crippen LogP contribution in [0.5, 0.6) is 0 Å². The molecule has 25 heavy (non-hydrogen) atoms. The first-order chi connectivity index (χ1) is 12.1. The Balaban J connectivity index is 1.59. The van der Waals surface area contributed by atoms with E-state index in [0.717, 1.165) is 18.4 Å². The second-order valence-corrected chi connectivity index (χ2v) is 6.49. The van der Waals surface area contributed by atoms with Gasteiger partial charge in [0.1, 0.15) is 6.04 Å². The van der Waals surface area contributed by atoms with E-state index in [1.54, 1.807) is 24.1 Å². The second-order valence-electron chi connectivity index (χ2n) is 6.06. The molecule has 1 aliphatic rings. The molecule has 1 fully saturated rings. The molecule has 2 heterocycles. The maximum absolute atomic E-state index is 12.4. The van der Waals surface area contributed by atoms with E-state index >= 15 is 0 Å². The van der Waals surface area contributed by atoms with E-state index in [1.807, 2.05) is 19.1 Å². The Bertz CT molecular complexity index is 711. The molecule has 2 aromatic rings. The first kappa shape index (κ1) is 17.7. The fourth-order valence-electron chi connectivity index (χ4n) is 2.76. The van der Waals surface area contributed by atoms with Gasteiger partial charge in [-0.1, -0.05) is 16.8 Å². The Morgan fingerprint density at radius 3 is 2.68 bits per heavy atom. The number of carbonyl (C=O) groups excluding carboxylic acids is 1. The van der Waals surface area contributed by atoms with Gasteiger partial charge in [-0.25, -0.2) is 4.79 Å². The normalized spacial score (nSPS) is 16.7. The quantitative estimate of drug-likeness (QED) is 0.900. The number of nitrogens with one attached hydrogen (secondary N) is 1. The van der Waals surface area contributed by atoms with E-state index in [9.17, 15) is 4.79 Å². The number of ether oxygens (including phenoxy) is 1. The predicted octanol–water partition coefficient (Wildman–Crippen LogP) is 3.27. The molecule has 1 saturated heterocycles. The molecule has 1 aliphatic heterocycles. The van der Waals surface area contributed by atoms with Crippen LogP contribution in [0, 0.1) is 0 Å². The fraction of sp³-hybridized carbons (Fsp3) is 0.471. The van der Waals surface area contributed by atoms with Crippen molar-refractivity contribution in [2.75, 3.05) is 20.2 Å². The highest BCUT2D eigenvalue weighted by Gasteiger charge is 2.25. The van der Waals surface area contributed by atoms with Crippen LogP contribution in [0.25, 0.3) is 11.4 Å². The van der Waals surface area contributed by atoms with E-state index in [4.69, 9.17) is 20.9 Å². The van der Waals surface area contributed by atoms with Crippen LogP contribution in [-0.4, -0.2) is 47.4 Å². The van der Waals surface area contributed by atoms with Crippen molar-refractivity contribution in [3.05, 3.63) is 35.2 Å². The minimum atomic E-state index is -0.374. The molecular formula is C17H21ClN4O3. The summed E-state index contributed by atoms with van der Waals surface area (Å²) in [6.45, 7) is 3.17. The SMILES string of the molecule is COC1CCN(C(=O)N[C@H](C)c2nc(-c3ccc(Cl)cc3)no2)CC1. The Labute approximate surface area is 151 Å². The predicted molar refractivity (Wildman–Crippen MR) is 93.3 cm³/mol. The summed E-state index contributed by atoms with van der Waals surface area (Å²) in [6.07, 6.45) is 1.93. The number of benzene rings is 1. The number of urea groups is 1. The third-order valence-electron chi connectivity index (χ3n) is 4.32. The standard InChI is InChI=1S/C17H21ClN4O3/c1-11(19-17(23)22-9-7-14(24-2)8-10-22)16-20-15(21-25-16)12-3-5-13(18)6-4-12/h3-6,11,14H,7-10H2,1-2H3,(H,19,23)/t11-/m1/s1. The molecule has 0 unspecified atom stereocenters. The average molecular weight is 365 g/mol. The lowest BCUT2D eigenvalue weighted by Crippen LogP contribution is -2.46. The smallest absolute Gasteiger partial charge is 0.318 e. The first-order valence-electron chi connectivity index (χ1n) is 8.24. The van der Waals surface area contributed by atoms with Gasteiger partial charge in [-0.15, -0.1) is 0 Å². The summed E-state index contributed by atoms with van der Waals surface area (Å²) >= 11 is 5.88. The zero-order chi connectivity index (χ0) is 17.8. The van der Waals surface area contributed by atoms with Crippen molar-refractivity contribution in [2.45, 2.75) is 31.9 Å². The largest absolute Gasteiger partial charge is 0.381 e. The van der Waals surface area contributed by atoms with Crippen LogP contribution in [0.4, 0.5) is 4.79 Å². The molecule has 1 N–H and O–H groups in total. The fourth-order valence-corrected chi connectivity index (χ4v) is 2.89. The summed E-state index contributed by atoms with van der Waals surface area (Å²) in [5, 5.41) is 7.51. The number of carbonyl (C=O) groups is 1. The van der Waals surface area contributed by atoms with Gasteiger partial charge in [0.15, 0.2) is 0 Å². The number of hydrogen-bond donors (Lipinski definition) is 1. The number of halogens is 1. The lowest BCUT2D eigenvalue weighted by Gasteiger charge is -2.31. The van der Waals surface area contributed by atoms with Gasteiger partial charge >= 0.3 is 6.03 Å². The molecule has 7 nitrogen and oxygen atoms in total. The Morgan fingerprint density at radius 1 is 1.36 bits per heavy atom. The molecule has 1 aromatic heterocycles. The second kappa shape index (κ2) is 7.84. The average Bonchev–Trinajstić information content (AvgIpc) is 3.12. The molecule has 3 rings (SSSR count). The molecule has 0 radical (unpaired) electrons. The van der Waals surface area contributed by atoms with Crippen LogP contribution in [0.3, 0.4) is 0 Å². The Morgan fingerprint density at radius 2 is 2.04 bits per heavy atom. The number of likely N-dealkylation sites (tertiary alicyclic amines) is 1. The van der Waals surface area contributed by atoms with E-state index in [1.165, 1.54) is 0 Å². The summed E-state index contributed by atoms with van der Waals surface area (Å²) < 4.78 is 10.6. The Kier molecular flexibility index (Phi) is 5.55. The monoisotopic (exact) mass is 364 g/mol. The molecule has 0 bridgehead atoms. The lowest BCUT2D eigenvalue weighted by molar-refractivity contribution is 0.0499. The minimum absolute atomic E-state index is 0.131. The number of nitrogens with zero attached hydrogens (tertiary/aromatic N) is 3. The van der Waals surface area contributed by atoms with Crippen LogP contribution in [-0.2, 0) is 4.74 Å². The number of amides is 2. The molecule has 1 aromatic carbocycles. The zero-order valence-corrected chi connectivity index (χ0v) is 15.0. The topological polar surface area (TPSA) is 80.5 Å². The maximum atomic E-state index is 12.4. The van der Waals surface area contributed by atoms with Crippen molar-refractivity contribution in [1.29, 1.82) is 0 Å². The summed E-state index contributed by atoms with van der Waals surface area (Å²) in [5.74, 6) is 0.832. The van der Waals surface area contributed by atoms with Crippen molar-refractivity contribution in [1.82, 2.24) is 20.4 Å². The van der Waals surface area contributed by atoms with Crippen molar-refractivity contribution >= 4 is 17.6 Å². The number of piperidine rings is 1. The molecule has 134 valence electrons. The molecular weight excluding hydrogens is 344 g/mol. The van der Waals surface area contributed by atoms with Crippen LogP contribution in [0.1, 0.15) is 31.7 Å². The highest BCUT2D eigenvalue weighted by molar-refractivity contribution is 6.30. The molecule has 1 atom stereocenters. The van der Waals surface area contributed by atoms with Crippen molar-refractivity contribution < 1.29 is 14.1 Å². The van der Waals surface area contributed by atoms with Gasteiger partial charge < -0.3 is 19.5 Å². The third-order valence-corrected chi connectivity index (χ3v) is 4.57. The molecule has 0 spiro atoms. The van der Waals surface area contributed by atoms with Gasteiger partial charge in [0.25, 0.3) is 0 Å². The van der Waals surface area contributed by atoms with Crippen LogP contribution < -0.4 is 5.32 Å². The van der Waals surface area contributed by atoms with Gasteiger partial charge in [0.2, 0.25) is 11.7 Å². The zero-order valence-electron chi connectivity index (χ0n) is 14.2. The number of rotatable bonds is 4. The van der Waals surface area contributed by atoms with E-state index in [2.05, 4.69) is 15.5 Å². The van der Waals surface area contributed by atoms with Gasteiger partial charge in [-0.05, 0) is 44.0 Å². The molecule has 0 aliphatic carbocycles. The maximum Gasteiger partial charge on any atom is 0.318 e. The van der Waals surface area contributed by atoms with Crippen molar-refractivity contribution in [3.8, 4) is 11.4 Å². The molecule has 8 heteroatoms. The first-order valence-corrected chi connectivity index (χ1v) is 8.62. The number of aromatic nitrogens is 2. The van der Waals surface area contributed by atoms with Crippen LogP contribution >= 0.6 is 11.6 Å². The lowest BCUT2D eigenvalue weighted by atomic mass is 10.1. The number of hydrogen-bond acceptors (Lipinski definition) is 5. The summed E-state index contributed by atoms with van der Waals surface area (Å²) in [5.41, 5.74) is 0.805. The third kappa shape index (κ3) is 4.29. The van der Waals surface area contributed by atoms with Gasteiger partial charge in [-0.3, -0.25) is 0 Å². The highest BCUT2D eigenvalue weighted by Crippen LogP contribution is 2.21. The highest BCUT2D eigenvalue weighted by atomic mass is 35.5. The number of methoxy groups -OCH3 is 1. The summed E-state index contributed by atoms with van der Waals surface area (Å²) in [4.78, 5) is 18.5. The Hall–Kier alpha value is -2.12. The molecule has 0 saturated carbocycles. The van der Waals surface area contributed by atoms with E-state index < -0.39 is 0 Å². The minimum Gasteiger partial charge on any atom is -0.381 e. The summed E-state index contributed by atoms with van der Waals surface area (Å²) in [6, 6.07) is 6.67. The van der Waals surface area contributed by atoms with E-state index in [-0.39, 0.29) is 18.2 Å². The van der Waals surface area contributed by atoms with Gasteiger partial charge in [-0.2, -0.15) is 4.98 Å². The van der Waals surface area contributed by atoms with Crippen LogP contribution in [0.2, 0.25) is 5.02 Å². The van der Waals surface area contributed by atoms with Crippen molar-refractivity contribution in [2.24, 2.45) is 0 Å². The van der Waals surface area contributed by atoms with E-state index in [0.29, 0.717) is 29.8 Å².